The van der Waals surface area contributed by atoms with Crippen molar-refractivity contribution in [1.29, 1.82) is 0 Å². The van der Waals surface area contributed by atoms with Gasteiger partial charge in [-0.3, -0.25) is 0 Å². The summed E-state index contributed by atoms with van der Waals surface area (Å²) >= 11 is 13.7. The van der Waals surface area contributed by atoms with Crippen molar-refractivity contribution >= 4 is 35.0 Å². The number of thioether (sulfide) groups is 1. The number of hydrogen-bond donors (Lipinski definition) is 0. The third-order valence-electron chi connectivity index (χ3n) is 3.81. The van der Waals surface area contributed by atoms with E-state index in [1.165, 1.54) is 0 Å². The molecule has 4 nitrogen and oxygen atoms in total. The Bertz CT molecular complexity index is 898. The predicted molar refractivity (Wildman–Crippen MR) is 108 cm³/mol. The van der Waals surface area contributed by atoms with Gasteiger partial charge in [0.25, 0.3) is 0 Å². The first kappa shape index (κ1) is 19.1. The van der Waals surface area contributed by atoms with Crippen LogP contribution in [-0.2, 0) is 12.3 Å². The highest BCUT2D eigenvalue weighted by Gasteiger charge is 2.16. The monoisotopic (exact) mass is 407 g/mol. The van der Waals surface area contributed by atoms with Crippen LogP contribution in [0.2, 0.25) is 10.0 Å². The van der Waals surface area contributed by atoms with E-state index in [0.29, 0.717) is 16.7 Å². The molecule has 1 heterocycles. The predicted octanol–water partition coefficient (Wildman–Crippen LogP) is 5.96. The lowest BCUT2D eigenvalue weighted by Gasteiger charge is -2.11. The normalized spacial score (nSPS) is 10.9. The van der Waals surface area contributed by atoms with Crippen LogP contribution in [0, 0.1) is 0 Å². The molecule has 0 fully saturated rings. The highest BCUT2D eigenvalue weighted by atomic mass is 35.5. The summed E-state index contributed by atoms with van der Waals surface area (Å²) in [7, 11) is 0. The lowest BCUT2D eigenvalue weighted by Crippen LogP contribution is -2.02. The Morgan fingerprint density at radius 2 is 1.85 bits per heavy atom. The molecule has 0 saturated heterocycles. The van der Waals surface area contributed by atoms with Gasteiger partial charge >= 0.3 is 0 Å². The van der Waals surface area contributed by atoms with E-state index >= 15 is 0 Å². The second kappa shape index (κ2) is 8.80. The molecule has 0 N–H and O–H groups in total. The van der Waals surface area contributed by atoms with Gasteiger partial charge < -0.3 is 9.30 Å². The van der Waals surface area contributed by atoms with E-state index in [4.69, 9.17) is 27.9 Å². The zero-order chi connectivity index (χ0) is 18.5. The molecule has 136 valence electrons. The molecule has 0 aliphatic heterocycles. The van der Waals surface area contributed by atoms with E-state index < -0.39 is 0 Å². The highest BCUT2D eigenvalue weighted by molar-refractivity contribution is 7.98. The fourth-order valence-electron chi connectivity index (χ4n) is 2.59. The van der Waals surface area contributed by atoms with Crippen LogP contribution in [0.5, 0.6) is 5.75 Å². The molecule has 0 spiro atoms. The molecule has 0 aliphatic carbocycles. The molecule has 0 unspecified atom stereocenters. The van der Waals surface area contributed by atoms with Crippen molar-refractivity contribution in [3.05, 3.63) is 58.1 Å². The summed E-state index contributed by atoms with van der Waals surface area (Å²) in [5, 5.41) is 10.8. The summed E-state index contributed by atoms with van der Waals surface area (Å²) in [5.74, 6) is 2.37. The maximum Gasteiger partial charge on any atom is 0.191 e. The minimum absolute atomic E-state index is 0.562. The molecule has 2 aromatic carbocycles. The van der Waals surface area contributed by atoms with E-state index in [0.717, 1.165) is 40.2 Å². The molecule has 0 saturated carbocycles. The van der Waals surface area contributed by atoms with Gasteiger partial charge in [0.15, 0.2) is 11.0 Å². The molecular weight excluding hydrogens is 389 g/mol. The molecule has 26 heavy (non-hydrogen) atoms. The molecule has 0 aliphatic rings. The fourth-order valence-corrected chi connectivity index (χ4v) is 3.86. The maximum absolute atomic E-state index is 6.10. The number of halogens is 2. The van der Waals surface area contributed by atoms with Crippen LogP contribution in [0.1, 0.15) is 19.4 Å². The van der Waals surface area contributed by atoms with Crippen molar-refractivity contribution < 1.29 is 4.74 Å². The molecule has 3 aromatic rings. The molecule has 0 atom stereocenters. The first-order valence-corrected chi connectivity index (χ1v) is 10.1. The zero-order valence-corrected chi connectivity index (χ0v) is 16.9. The van der Waals surface area contributed by atoms with E-state index in [9.17, 15) is 0 Å². The van der Waals surface area contributed by atoms with Gasteiger partial charge in [0.2, 0.25) is 0 Å². The first-order valence-electron chi connectivity index (χ1n) is 8.36. The Morgan fingerprint density at radius 3 is 2.58 bits per heavy atom. The molecule has 0 amide bonds. The zero-order valence-electron chi connectivity index (χ0n) is 14.6. The Labute approximate surface area is 167 Å². The number of nitrogens with zero attached hydrogens (tertiary/aromatic N) is 3. The molecule has 0 bridgehead atoms. The summed E-state index contributed by atoms with van der Waals surface area (Å²) in [5.41, 5.74) is 2.04. The van der Waals surface area contributed by atoms with Crippen molar-refractivity contribution in [1.82, 2.24) is 14.8 Å². The second-order valence-corrected chi connectivity index (χ2v) is 7.27. The first-order chi connectivity index (χ1) is 12.6. The van der Waals surface area contributed by atoms with Crippen LogP contribution in [0.3, 0.4) is 0 Å². The number of para-hydroxylation sites is 1. The highest BCUT2D eigenvalue weighted by Crippen LogP contribution is 2.32. The number of rotatable bonds is 7. The Kier molecular flexibility index (Phi) is 6.46. The number of aromatic nitrogens is 3. The molecule has 3 rings (SSSR count). The second-order valence-electron chi connectivity index (χ2n) is 5.52. The van der Waals surface area contributed by atoms with Crippen molar-refractivity contribution in [2.75, 3.05) is 6.61 Å². The van der Waals surface area contributed by atoms with Gasteiger partial charge in [0.05, 0.1) is 22.2 Å². The Morgan fingerprint density at radius 1 is 1.04 bits per heavy atom. The quantitative estimate of drug-likeness (QED) is 0.452. The Hall–Kier alpha value is -1.69. The number of benzene rings is 2. The van der Waals surface area contributed by atoms with Crippen LogP contribution in [0.15, 0.2) is 47.6 Å². The molecular formula is C19H19Cl2N3OS. The number of ether oxygens (including phenoxy) is 1. The van der Waals surface area contributed by atoms with Crippen molar-refractivity contribution in [2.45, 2.75) is 31.3 Å². The average Bonchev–Trinajstić information content (AvgIpc) is 3.06. The van der Waals surface area contributed by atoms with Crippen LogP contribution in [0.4, 0.5) is 0 Å². The number of hydrogen-bond acceptors (Lipinski definition) is 4. The topological polar surface area (TPSA) is 39.9 Å². The van der Waals surface area contributed by atoms with E-state index in [2.05, 4.69) is 21.7 Å². The largest absolute Gasteiger partial charge is 0.493 e. The van der Waals surface area contributed by atoms with Gasteiger partial charge in [-0.15, -0.1) is 10.2 Å². The van der Waals surface area contributed by atoms with Gasteiger partial charge in [-0.2, -0.15) is 0 Å². The van der Waals surface area contributed by atoms with Crippen LogP contribution >= 0.6 is 35.0 Å². The van der Waals surface area contributed by atoms with E-state index in [1.807, 2.05) is 49.4 Å². The minimum atomic E-state index is 0.562. The average molecular weight is 408 g/mol. The van der Waals surface area contributed by atoms with E-state index in [-0.39, 0.29) is 0 Å². The standard InChI is InChI=1S/C19H19Cl2N3OS/c1-3-24-18(14-7-5-6-8-17(14)25-4-2)22-23-19(24)26-12-13-9-10-15(20)16(21)11-13/h5-11H,3-4,12H2,1-2H3. The lowest BCUT2D eigenvalue weighted by molar-refractivity contribution is 0.341. The summed E-state index contributed by atoms with van der Waals surface area (Å²) in [6, 6.07) is 13.6. The summed E-state index contributed by atoms with van der Waals surface area (Å²) in [4.78, 5) is 0. The summed E-state index contributed by atoms with van der Waals surface area (Å²) in [6.45, 7) is 5.43. The van der Waals surface area contributed by atoms with Crippen LogP contribution < -0.4 is 4.74 Å². The van der Waals surface area contributed by atoms with Crippen LogP contribution in [0.25, 0.3) is 11.4 Å². The summed E-state index contributed by atoms with van der Waals surface area (Å²) in [6.07, 6.45) is 0. The SMILES string of the molecule is CCOc1ccccc1-c1nnc(SCc2ccc(Cl)c(Cl)c2)n1CC. The maximum atomic E-state index is 6.10. The Balaban J connectivity index is 1.85. The van der Waals surface area contributed by atoms with E-state index in [1.54, 1.807) is 11.8 Å². The van der Waals surface area contributed by atoms with Gasteiger partial charge in [-0.05, 0) is 43.7 Å². The molecule has 1 aromatic heterocycles. The summed E-state index contributed by atoms with van der Waals surface area (Å²) < 4.78 is 7.84. The van der Waals surface area contributed by atoms with Crippen molar-refractivity contribution in [3.8, 4) is 17.1 Å². The lowest BCUT2D eigenvalue weighted by atomic mass is 10.2. The smallest absolute Gasteiger partial charge is 0.191 e. The molecule has 7 heteroatoms. The van der Waals surface area contributed by atoms with Crippen molar-refractivity contribution in [2.24, 2.45) is 0 Å². The van der Waals surface area contributed by atoms with Crippen LogP contribution in [-0.4, -0.2) is 21.4 Å². The van der Waals surface area contributed by atoms with Gasteiger partial charge in [0.1, 0.15) is 5.75 Å². The molecule has 0 radical (unpaired) electrons. The fraction of sp³-hybridized carbons (Fsp3) is 0.263. The van der Waals surface area contributed by atoms with Crippen molar-refractivity contribution in [3.63, 3.8) is 0 Å². The van der Waals surface area contributed by atoms with Gasteiger partial charge in [0, 0.05) is 12.3 Å². The minimum Gasteiger partial charge on any atom is -0.493 e. The third kappa shape index (κ3) is 4.17. The third-order valence-corrected chi connectivity index (χ3v) is 5.59. The van der Waals surface area contributed by atoms with Gasteiger partial charge in [-0.25, -0.2) is 0 Å². The van der Waals surface area contributed by atoms with Gasteiger partial charge in [-0.1, -0.05) is 53.2 Å².